The Morgan fingerprint density at radius 1 is 0.968 bits per heavy atom. The highest BCUT2D eigenvalue weighted by atomic mass is 35.5. The smallest absolute Gasteiger partial charge is 0.281 e. The molecule has 2 aromatic carbocycles. The zero-order valence-corrected chi connectivity index (χ0v) is 18.4. The number of carbonyl (C=O) groups excluding carboxylic acids is 2. The number of benzene rings is 2. The number of hydrogen-bond acceptors (Lipinski definition) is 4. The van der Waals surface area contributed by atoms with Gasteiger partial charge < -0.3 is 0 Å². The molecule has 1 heterocycles. The Labute approximate surface area is 189 Å². The van der Waals surface area contributed by atoms with Gasteiger partial charge in [-0.2, -0.15) is 10.1 Å². The molecule has 0 radical (unpaired) electrons. The van der Waals surface area contributed by atoms with Crippen molar-refractivity contribution >= 4 is 46.4 Å². The van der Waals surface area contributed by atoms with E-state index in [1.165, 1.54) is 27.6 Å². The summed E-state index contributed by atoms with van der Waals surface area (Å²) < 4.78 is 3.00. The fraction of sp³-hybridized carbons (Fsp3) is 0.190. The van der Waals surface area contributed by atoms with Crippen LogP contribution in [0.2, 0.25) is 10.0 Å². The van der Waals surface area contributed by atoms with Gasteiger partial charge in [0.1, 0.15) is 12.4 Å². The van der Waals surface area contributed by atoms with Crippen molar-refractivity contribution in [3.63, 3.8) is 0 Å². The highest BCUT2D eigenvalue weighted by molar-refractivity contribution is 6.36. The Morgan fingerprint density at radius 3 is 2.16 bits per heavy atom. The van der Waals surface area contributed by atoms with Crippen LogP contribution in [0.4, 0.5) is 11.4 Å². The second-order valence-electron chi connectivity index (χ2n) is 7.04. The molecule has 31 heavy (non-hydrogen) atoms. The van der Waals surface area contributed by atoms with Crippen molar-refractivity contribution in [3.8, 4) is 0 Å². The maximum Gasteiger partial charge on any atom is 0.292 e. The van der Waals surface area contributed by atoms with Crippen LogP contribution in [0.1, 0.15) is 11.1 Å². The van der Waals surface area contributed by atoms with E-state index in [1.807, 2.05) is 6.92 Å². The van der Waals surface area contributed by atoms with Crippen LogP contribution in [-0.4, -0.2) is 26.8 Å². The van der Waals surface area contributed by atoms with Crippen molar-refractivity contribution in [2.75, 3.05) is 10.1 Å². The van der Waals surface area contributed by atoms with Gasteiger partial charge in [-0.05, 0) is 43.7 Å². The molecule has 0 unspecified atom stereocenters. The van der Waals surface area contributed by atoms with Gasteiger partial charge in [-0.15, -0.1) is 0 Å². The highest BCUT2D eigenvalue weighted by Gasteiger charge is 2.21. The summed E-state index contributed by atoms with van der Waals surface area (Å²) >= 11 is 12.1. The van der Waals surface area contributed by atoms with Gasteiger partial charge in [0.15, 0.2) is 13.1 Å². The van der Waals surface area contributed by atoms with Crippen LogP contribution >= 0.6 is 23.2 Å². The van der Waals surface area contributed by atoms with Crippen LogP contribution in [0.3, 0.4) is 0 Å². The lowest BCUT2D eigenvalue weighted by Gasteiger charge is -2.15. The second kappa shape index (κ2) is 9.49. The van der Waals surface area contributed by atoms with Crippen LogP contribution in [0.25, 0.3) is 0 Å². The Hall–Kier alpha value is -2.91. The number of aromatic nitrogens is 2. The number of anilines is 2. The first-order valence-electron chi connectivity index (χ1n) is 9.26. The minimum Gasteiger partial charge on any atom is -0.281 e. The summed E-state index contributed by atoms with van der Waals surface area (Å²) in [5.41, 5.74) is 2.16. The number of nitrogens with zero attached hydrogens (tertiary/aromatic N) is 4. The van der Waals surface area contributed by atoms with Crippen LogP contribution in [0, 0.1) is 13.8 Å². The Bertz CT molecular complexity index is 1090. The summed E-state index contributed by atoms with van der Waals surface area (Å²) in [5, 5.41) is 22.0. The monoisotopic (exact) mass is 463 g/mol. The number of aryl methyl sites for hydroxylation is 1. The topological polar surface area (TPSA) is 89.9 Å². The van der Waals surface area contributed by atoms with E-state index in [1.54, 1.807) is 43.6 Å². The molecule has 10 heteroatoms. The van der Waals surface area contributed by atoms with E-state index in [9.17, 15) is 20.0 Å². The van der Waals surface area contributed by atoms with Crippen LogP contribution in [0.15, 0.2) is 55.1 Å². The maximum atomic E-state index is 12.4. The molecule has 3 rings (SSSR count). The van der Waals surface area contributed by atoms with Crippen molar-refractivity contribution in [2.45, 2.75) is 26.9 Å². The molecule has 0 aliphatic heterocycles. The molecule has 8 nitrogen and oxygen atoms in total. The van der Waals surface area contributed by atoms with Gasteiger partial charge in [-0.1, -0.05) is 40.9 Å². The molecule has 0 aliphatic carbocycles. The third kappa shape index (κ3) is 5.42. The molecule has 162 valence electrons. The van der Waals surface area contributed by atoms with Crippen molar-refractivity contribution in [3.05, 3.63) is 76.3 Å². The fourth-order valence-electron chi connectivity index (χ4n) is 2.80. The summed E-state index contributed by atoms with van der Waals surface area (Å²) in [4.78, 5) is 24.7. The van der Waals surface area contributed by atoms with Gasteiger partial charge in [0, 0.05) is 10.0 Å². The van der Waals surface area contributed by atoms with Gasteiger partial charge in [-0.3, -0.25) is 20.0 Å². The Morgan fingerprint density at radius 2 is 1.55 bits per heavy atom. The molecule has 3 aromatic rings. The van der Waals surface area contributed by atoms with Crippen molar-refractivity contribution in [2.24, 2.45) is 0 Å². The lowest BCUT2D eigenvalue weighted by atomic mass is 10.2. The molecule has 0 spiro atoms. The molecular formula is C21H21Cl2N4O4+. The normalized spacial score (nSPS) is 10.8. The lowest BCUT2D eigenvalue weighted by molar-refractivity contribution is -0.683. The first kappa shape index (κ1) is 22.8. The molecule has 0 aliphatic rings. The summed E-state index contributed by atoms with van der Waals surface area (Å²) in [6.07, 6.45) is 4.67. The number of hydrogen-bond donors (Lipinski definition) is 2. The summed E-state index contributed by atoms with van der Waals surface area (Å²) in [5.74, 6) is -1.18. The SMILES string of the molecule is Cc1ccc(N(O)C(=O)C[n+]2ccn(CC(=O)N(O)c3cc(Cl)c(C)c(Cl)c3)c2)cc1. The summed E-state index contributed by atoms with van der Waals surface area (Å²) in [6, 6.07) is 9.74. The number of carbonyl (C=O) groups is 2. The molecule has 1 aromatic heterocycles. The first-order valence-corrected chi connectivity index (χ1v) is 10.0. The summed E-state index contributed by atoms with van der Waals surface area (Å²) in [6.45, 7) is 3.30. The van der Waals surface area contributed by atoms with Crippen LogP contribution in [-0.2, 0) is 22.7 Å². The molecule has 0 saturated heterocycles. The lowest BCUT2D eigenvalue weighted by Crippen LogP contribution is -2.42. The van der Waals surface area contributed by atoms with E-state index in [-0.39, 0.29) is 18.8 Å². The molecule has 0 fully saturated rings. The molecule has 2 amide bonds. The molecule has 0 bridgehead atoms. The van der Waals surface area contributed by atoms with E-state index in [0.29, 0.717) is 31.4 Å². The number of hydroxylamine groups is 2. The van der Waals surface area contributed by atoms with Gasteiger partial charge in [0.25, 0.3) is 11.8 Å². The average molecular weight is 464 g/mol. The van der Waals surface area contributed by atoms with E-state index in [0.717, 1.165) is 5.56 Å². The highest BCUT2D eigenvalue weighted by Crippen LogP contribution is 2.29. The predicted octanol–water partition coefficient (Wildman–Crippen LogP) is 3.54. The first-order chi connectivity index (χ1) is 14.7. The van der Waals surface area contributed by atoms with Crippen molar-refractivity contribution < 1.29 is 24.6 Å². The molecule has 2 N–H and O–H groups in total. The second-order valence-corrected chi connectivity index (χ2v) is 7.85. The van der Waals surface area contributed by atoms with E-state index < -0.39 is 11.8 Å². The number of amides is 2. The number of halogens is 2. The third-order valence-corrected chi connectivity index (χ3v) is 5.43. The minimum atomic E-state index is -0.631. The van der Waals surface area contributed by atoms with Crippen LogP contribution < -0.4 is 14.7 Å². The average Bonchev–Trinajstić information content (AvgIpc) is 3.17. The van der Waals surface area contributed by atoms with Crippen molar-refractivity contribution in [1.29, 1.82) is 0 Å². The quantitative estimate of drug-likeness (QED) is 0.332. The minimum absolute atomic E-state index is 0.141. The Kier molecular flexibility index (Phi) is 6.97. The van der Waals surface area contributed by atoms with Gasteiger partial charge >= 0.3 is 0 Å². The standard InChI is InChI=1S/C21H21Cl2N4O4/c1-14-3-5-16(6-4-14)26(30)20(28)11-24-7-8-25(13-24)12-21(29)27(31)17-9-18(22)15(2)19(23)10-17/h3-10,13,30-31H,11-12H2,1-2H3/q+1. The van der Waals surface area contributed by atoms with Gasteiger partial charge in [0.05, 0.1) is 11.4 Å². The van der Waals surface area contributed by atoms with Gasteiger partial charge in [-0.25, -0.2) is 9.13 Å². The van der Waals surface area contributed by atoms with Crippen molar-refractivity contribution in [1.82, 2.24) is 4.57 Å². The molecule has 0 saturated carbocycles. The van der Waals surface area contributed by atoms with E-state index in [2.05, 4.69) is 0 Å². The molecule has 0 atom stereocenters. The zero-order valence-electron chi connectivity index (χ0n) is 16.9. The van der Waals surface area contributed by atoms with Crippen LogP contribution in [0.5, 0.6) is 0 Å². The van der Waals surface area contributed by atoms with E-state index in [4.69, 9.17) is 23.2 Å². The number of rotatable bonds is 6. The zero-order chi connectivity index (χ0) is 22.7. The van der Waals surface area contributed by atoms with E-state index >= 15 is 0 Å². The predicted molar refractivity (Wildman–Crippen MR) is 116 cm³/mol. The maximum absolute atomic E-state index is 12.4. The third-order valence-electron chi connectivity index (χ3n) is 4.64. The number of imidazole rings is 1. The summed E-state index contributed by atoms with van der Waals surface area (Å²) in [7, 11) is 0. The molecular weight excluding hydrogens is 443 g/mol. The van der Waals surface area contributed by atoms with Gasteiger partial charge in [0.2, 0.25) is 6.33 Å². The fourth-order valence-corrected chi connectivity index (χ4v) is 3.28. The Balaban J connectivity index is 1.63. The largest absolute Gasteiger partial charge is 0.292 e.